The second-order valence-electron chi connectivity index (χ2n) is 5.55. The van der Waals surface area contributed by atoms with E-state index in [4.69, 9.17) is 5.73 Å². The topological polar surface area (TPSA) is 55.1 Å². The molecule has 0 aromatic heterocycles. The fraction of sp³-hybridized carbons (Fsp3) is 0.0556. The number of rotatable bonds is 2. The van der Waals surface area contributed by atoms with Gasteiger partial charge in [-0.15, -0.1) is 0 Å². The molecule has 0 spiro atoms. The Morgan fingerprint density at radius 3 is 2.50 bits per heavy atom. The first-order chi connectivity index (χ1) is 12.2. The number of carbonyl (C=O) groups is 1. The molecule has 0 unspecified atom stereocenters. The van der Waals surface area contributed by atoms with E-state index in [0.717, 1.165) is 21.3 Å². The lowest BCUT2D eigenvalue weighted by Gasteiger charge is -2.12. The van der Waals surface area contributed by atoms with E-state index in [0.29, 0.717) is 12.1 Å². The Morgan fingerprint density at radius 2 is 1.81 bits per heavy atom. The third-order valence-electron chi connectivity index (χ3n) is 3.77. The molecular formula is C18H11BrF4N2O. The van der Waals surface area contributed by atoms with E-state index in [1.807, 2.05) is 6.07 Å². The van der Waals surface area contributed by atoms with E-state index in [9.17, 15) is 22.4 Å². The SMILES string of the molecule is Nc1cc2c(Br)cccc2cc1C(=O)Nc1ccc(F)c(C(F)(F)F)c1. The molecule has 3 N–H and O–H groups in total. The summed E-state index contributed by atoms with van der Waals surface area (Å²) in [6.45, 7) is 0. The van der Waals surface area contributed by atoms with Crippen LogP contribution in [0.1, 0.15) is 15.9 Å². The number of alkyl halides is 3. The Hall–Kier alpha value is -2.61. The highest BCUT2D eigenvalue weighted by atomic mass is 79.9. The largest absolute Gasteiger partial charge is 0.419 e. The molecule has 1 amide bonds. The molecule has 3 aromatic rings. The van der Waals surface area contributed by atoms with E-state index in [1.54, 1.807) is 24.3 Å². The number of nitrogens with two attached hydrogens (primary N) is 1. The summed E-state index contributed by atoms with van der Waals surface area (Å²) in [6, 6.07) is 10.8. The molecule has 0 saturated heterocycles. The maximum Gasteiger partial charge on any atom is 0.419 e. The van der Waals surface area contributed by atoms with E-state index in [-0.39, 0.29) is 16.9 Å². The third-order valence-corrected chi connectivity index (χ3v) is 4.46. The zero-order chi connectivity index (χ0) is 19.1. The fourth-order valence-electron chi connectivity index (χ4n) is 2.52. The van der Waals surface area contributed by atoms with Crippen molar-refractivity contribution in [1.29, 1.82) is 0 Å². The van der Waals surface area contributed by atoms with Gasteiger partial charge in [-0.05, 0) is 47.2 Å². The molecule has 134 valence electrons. The molecule has 0 bridgehead atoms. The molecule has 0 saturated carbocycles. The van der Waals surface area contributed by atoms with Gasteiger partial charge in [0, 0.05) is 15.8 Å². The maximum absolute atomic E-state index is 13.3. The molecule has 3 rings (SSSR count). The Balaban J connectivity index is 1.96. The summed E-state index contributed by atoms with van der Waals surface area (Å²) in [5.41, 5.74) is 4.55. The lowest BCUT2D eigenvalue weighted by molar-refractivity contribution is -0.139. The second-order valence-corrected chi connectivity index (χ2v) is 6.40. The van der Waals surface area contributed by atoms with Crippen molar-refractivity contribution < 1.29 is 22.4 Å². The van der Waals surface area contributed by atoms with Crippen molar-refractivity contribution in [1.82, 2.24) is 0 Å². The predicted octanol–water partition coefficient (Wildman–Crippen LogP) is 5.59. The molecule has 8 heteroatoms. The van der Waals surface area contributed by atoms with E-state index < -0.39 is 23.5 Å². The van der Waals surface area contributed by atoms with Gasteiger partial charge in [-0.2, -0.15) is 13.2 Å². The minimum absolute atomic E-state index is 0.105. The van der Waals surface area contributed by atoms with Gasteiger partial charge in [-0.1, -0.05) is 28.1 Å². The van der Waals surface area contributed by atoms with Crippen LogP contribution in [0.3, 0.4) is 0 Å². The number of nitrogens with one attached hydrogen (secondary N) is 1. The van der Waals surface area contributed by atoms with Gasteiger partial charge in [0.15, 0.2) is 0 Å². The standard InChI is InChI=1S/C18H11BrF4N2O/c19-14-3-1-2-9-6-12(16(24)8-11(9)14)17(26)25-10-4-5-15(20)13(7-10)18(21,22)23/h1-8H,24H2,(H,25,26). The van der Waals surface area contributed by atoms with Gasteiger partial charge in [0.2, 0.25) is 0 Å². The first kappa shape index (κ1) is 18.2. The van der Waals surface area contributed by atoms with Crippen LogP contribution in [0.4, 0.5) is 28.9 Å². The third kappa shape index (κ3) is 3.50. The average molecular weight is 427 g/mol. The number of nitrogen functional groups attached to an aromatic ring is 1. The van der Waals surface area contributed by atoms with Crippen molar-refractivity contribution in [3.63, 3.8) is 0 Å². The van der Waals surface area contributed by atoms with Crippen molar-refractivity contribution in [3.8, 4) is 0 Å². The lowest BCUT2D eigenvalue weighted by Crippen LogP contribution is -2.15. The zero-order valence-electron chi connectivity index (χ0n) is 13.0. The van der Waals surface area contributed by atoms with Crippen LogP contribution in [0.5, 0.6) is 0 Å². The van der Waals surface area contributed by atoms with Crippen molar-refractivity contribution in [2.24, 2.45) is 0 Å². The van der Waals surface area contributed by atoms with Crippen LogP contribution in [0.2, 0.25) is 0 Å². The van der Waals surface area contributed by atoms with Crippen LogP contribution >= 0.6 is 15.9 Å². The molecular weight excluding hydrogens is 416 g/mol. The summed E-state index contributed by atoms with van der Waals surface area (Å²) in [7, 11) is 0. The minimum atomic E-state index is -4.86. The number of halogens is 5. The summed E-state index contributed by atoms with van der Waals surface area (Å²) in [6.07, 6.45) is -4.86. The van der Waals surface area contributed by atoms with E-state index in [1.165, 1.54) is 0 Å². The molecule has 0 aliphatic heterocycles. The van der Waals surface area contributed by atoms with Crippen molar-refractivity contribution >= 4 is 44.0 Å². The molecule has 3 nitrogen and oxygen atoms in total. The molecule has 0 aliphatic rings. The summed E-state index contributed by atoms with van der Waals surface area (Å²) in [5, 5.41) is 3.85. The normalized spacial score (nSPS) is 11.6. The number of benzene rings is 3. The van der Waals surface area contributed by atoms with Crippen LogP contribution in [0.15, 0.2) is 53.0 Å². The number of hydrogen-bond acceptors (Lipinski definition) is 2. The summed E-state index contributed by atoms with van der Waals surface area (Å²) >= 11 is 3.38. The number of fused-ring (bicyclic) bond motifs is 1. The molecule has 3 aromatic carbocycles. The number of hydrogen-bond donors (Lipinski definition) is 2. The van der Waals surface area contributed by atoms with Crippen molar-refractivity contribution in [2.75, 3.05) is 11.1 Å². The van der Waals surface area contributed by atoms with Crippen molar-refractivity contribution in [2.45, 2.75) is 6.18 Å². The van der Waals surface area contributed by atoms with Gasteiger partial charge in [-0.3, -0.25) is 4.79 Å². The van der Waals surface area contributed by atoms with Gasteiger partial charge < -0.3 is 11.1 Å². The Labute approximate surface area is 153 Å². The highest BCUT2D eigenvalue weighted by Crippen LogP contribution is 2.33. The molecule has 0 radical (unpaired) electrons. The smallest absolute Gasteiger partial charge is 0.398 e. The van der Waals surface area contributed by atoms with Crippen LogP contribution in [-0.2, 0) is 6.18 Å². The van der Waals surface area contributed by atoms with Crippen LogP contribution in [0.25, 0.3) is 10.8 Å². The Kier molecular flexibility index (Phi) is 4.62. The van der Waals surface area contributed by atoms with Gasteiger partial charge >= 0.3 is 6.18 Å². The zero-order valence-corrected chi connectivity index (χ0v) is 14.6. The van der Waals surface area contributed by atoms with E-state index >= 15 is 0 Å². The molecule has 0 atom stereocenters. The monoisotopic (exact) mass is 426 g/mol. The van der Waals surface area contributed by atoms with Gasteiger partial charge in [0.1, 0.15) is 5.82 Å². The van der Waals surface area contributed by atoms with Crippen LogP contribution in [-0.4, -0.2) is 5.91 Å². The second kappa shape index (κ2) is 6.60. The fourth-order valence-corrected chi connectivity index (χ4v) is 3.02. The van der Waals surface area contributed by atoms with Crippen LogP contribution < -0.4 is 11.1 Å². The molecule has 0 heterocycles. The lowest BCUT2D eigenvalue weighted by atomic mass is 10.0. The number of anilines is 2. The van der Waals surface area contributed by atoms with Crippen molar-refractivity contribution in [3.05, 3.63) is 69.9 Å². The predicted molar refractivity (Wildman–Crippen MR) is 95.4 cm³/mol. The van der Waals surface area contributed by atoms with Gasteiger partial charge in [0.25, 0.3) is 5.91 Å². The quantitative estimate of drug-likeness (QED) is 0.414. The number of carbonyl (C=O) groups excluding carboxylic acids is 1. The minimum Gasteiger partial charge on any atom is -0.398 e. The number of amides is 1. The first-order valence-corrected chi connectivity index (χ1v) is 8.12. The highest BCUT2D eigenvalue weighted by molar-refractivity contribution is 9.10. The average Bonchev–Trinajstić information content (AvgIpc) is 2.56. The molecule has 0 aliphatic carbocycles. The Morgan fingerprint density at radius 1 is 1.08 bits per heavy atom. The maximum atomic E-state index is 13.3. The summed E-state index contributed by atoms with van der Waals surface area (Å²) < 4.78 is 52.5. The van der Waals surface area contributed by atoms with E-state index in [2.05, 4.69) is 21.2 Å². The summed E-state index contributed by atoms with van der Waals surface area (Å²) in [4.78, 5) is 12.4. The van der Waals surface area contributed by atoms with Crippen LogP contribution in [0, 0.1) is 5.82 Å². The highest BCUT2D eigenvalue weighted by Gasteiger charge is 2.34. The van der Waals surface area contributed by atoms with Gasteiger partial charge in [-0.25, -0.2) is 4.39 Å². The first-order valence-electron chi connectivity index (χ1n) is 7.32. The van der Waals surface area contributed by atoms with Gasteiger partial charge in [0.05, 0.1) is 11.1 Å². The molecule has 26 heavy (non-hydrogen) atoms. The molecule has 0 fully saturated rings. The Bertz CT molecular complexity index is 1020. The summed E-state index contributed by atoms with van der Waals surface area (Å²) in [5.74, 6) is -2.10.